The lowest BCUT2D eigenvalue weighted by molar-refractivity contribution is 0.0737. The van der Waals surface area contributed by atoms with E-state index < -0.39 is 0 Å². The monoisotopic (exact) mass is 386 g/mol. The number of thiophene rings is 1. The van der Waals surface area contributed by atoms with E-state index in [4.69, 9.17) is 0 Å². The van der Waals surface area contributed by atoms with Gasteiger partial charge < -0.3 is 9.80 Å². The standard InChI is InChI=1S/C16H18N8O2S/c1-22(2)16(26)13-6-5-12(27-13)11-4-3-7-23(11)15(25)10-8-17-19-14(10)24-9-18-20-21-24/h5-6,8-9,11H,3-4,7H2,1-2H3,(H,17,19). The van der Waals surface area contributed by atoms with Gasteiger partial charge in [0, 0.05) is 25.5 Å². The summed E-state index contributed by atoms with van der Waals surface area (Å²) in [6.07, 6.45) is 4.66. The van der Waals surface area contributed by atoms with Gasteiger partial charge in [0.25, 0.3) is 11.8 Å². The van der Waals surface area contributed by atoms with E-state index in [1.54, 1.807) is 19.0 Å². The van der Waals surface area contributed by atoms with Crippen molar-refractivity contribution in [1.29, 1.82) is 0 Å². The maximum atomic E-state index is 13.2. The molecule has 0 radical (unpaired) electrons. The van der Waals surface area contributed by atoms with Crippen molar-refractivity contribution in [1.82, 2.24) is 40.2 Å². The number of nitrogens with one attached hydrogen (secondary N) is 1. The van der Waals surface area contributed by atoms with Crippen molar-refractivity contribution in [2.45, 2.75) is 18.9 Å². The summed E-state index contributed by atoms with van der Waals surface area (Å²) in [6, 6.07) is 3.71. The van der Waals surface area contributed by atoms with Crippen molar-refractivity contribution in [2.24, 2.45) is 0 Å². The number of carbonyl (C=O) groups is 2. The highest BCUT2D eigenvalue weighted by Gasteiger charge is 2.34. The van der Waals surface area contributed by atoms with Crippen LogP contribution in [-0.4, -0.2) is 72.7 Å². The van der Waals surface area contributed by atoms with Gasteiger partial charge in [-0.15, -0.1) is 16.4 Å². The number of amides is 2. The Morgan fingerprint density at radius 1 is 1.33 bits per heavy atom. The molecule has 10 nitrogen and oxygen atoms in total. The van der Waals surface area contributed by atoms with Gasteiger partial charge >= 0.3 is 0 Å². The molecule has 11 heteroatoms. The molecule has 0 aliphatic carbocycles. The first-order valence-corrected chi connectivity index (χ1v) is 9.27. The molecule has 3 aromatic heterocycles. The molecule has 0 spiro atoms. The number of hydrogen-bond donors (Lipinski definition) is 1. The number of aromatic amines is 1. The van der Waals surface area contributed by atoms with Gasteiger partial charge in [-0.3, -0.25) is 14.7 Å². The summed E-state index contributed by atoms with van der Waals surface area (Å²) >= 11 is 1.44. The molecule has 1 aliphatic heterocycles. The molecular formula is C16H18N8O2S. The van der Waals surface area contributed by atoms with E-state index in [9.17, 15) is 9.59 Å². The Bertz CT molecular complexity index is 961. The van der Waals surface area contributed by atoms with Crippen LogP contribution in [0.4, 0.5) is 0 Å². The van der Waals surface area contributed by atoms with Crippen LogP contribution in [0.5, 0.6) is 0 Å². The van der Waals surface area contributed by atoms with Crippen LogP contribution >= 0.6 is 11.3 Å². The first-order chi connectivity index (χ1) is 13.1. The molecule has 27 heavy (non-hydrogen) atoms. The summed E-state index contributed by atoms with van der Waals surface area (Å²) < 4.78 is 1.38. The van der Waals surface area contributed by atoms with Crippen molar-refractivity contribution in [3.8, 4) is 5.82 Å². The minimum absolute atomic E-state index is 0.0297. The van der Waals surface area contributed by atoms with Crippen LogP contribution < -0.4 is 0 Å². The zero-order chi connectivity index (χ0) is 19.0. The third-order valence-corrected chi connectivity index (χ3v) is 5.69. The van der Waals surface area contributed by atoms with E-state index in [1.165, 1.54) is 28.5 Å². The third-order valence-electron chi connectivity index (χ3n) is 4.51. The topological polar surface area (TPSA) is 113 Å². The summed E-state index contributed by atoms with van der Waals surface area (Å²) in [4.78, 5) is 30.4. The van der Waals surface area contributed by atoms with E-state index in [-0.39, 0.29) is 17.9 Å². The van der Waals surface area contributed by atoms with Crippen molar-refractivity contribution < 1.29 is 9.59 Å². The molecule has 4 heterocycles. The van der Waals surface area contributed by atoms with Crippen LogP contribution in [0, 0.1) is 0 Å². The fourth-order valence-electron chi connectivity index (χ4n) is 3.20. The zero-order valence-corrected chi connectivity index (χ0v) is 15.7. The lowest BCUT2D eigenvalue weighted by Crippen LogP contribution is -2.30. The number of nitrogens with zero attached hydrogens (tertiary/aromatic N) is 7. The highest BCUT2D eigenvalue weighted by atomic mass is 32.1. The number of hydrogen-bond acceptors (Lipinski definition) is 7. The van der Waals surface area contributed by atoms with Crippen LogP contribution in [0.1, 0.15) is 43.8 Å². The summed E-state index contributed by atoms with van der Waals surface area (Å²) in [5, 5.41) is 17.8. The Balaban J connectivity index is 1.60. The van der Waals surface area contributed by atoms with Crippen molar-refractivity contribution in [2.75, 3.05) is 20.6 Å². The van der Waals surface area contributed by atoms with Crippen LogP contribution in [-0.2, 0) is 0 Å². The highest BCUT2D eigenvalue weighted by Crippen LogP contribution is 2.37. The quantitative estimate of drug-likeness (QED) is 0.719. The molecule has 140 valence electrons. The Kier molecular flexibility index (Phi) is 4.44. The van der Waals surface area contributed by atoms with E-state index in [2.05, 4.69) is 25.7 Å². The van der Waals surface area contributed by atoms with Crippen LogP contribution in [0.3, 0.4) is 0 Å². The number of likely N-dealkylation sites (tertiary alicyclic amines) is 1. The van der Waals surface area contributed by atoms with Crippen molar-refractivity contribution in [3.05, 3.63) is 40.0 Å². The Hall–Kier alpha value is -3.08. The summed E-state index contributed by atoms with van der Waals surface area (Å²) in [6.45, 7) is 0.651. The average molecular weight is 386 g/mol. The number of carbonyl (C=O) groups excluding carboxylic acids is 2. The van der Waals surface area contributed by atoms with Gasteiger partial charge in [0.2, 0.25) is 0 Å². The van der Waals surface area contributed by atoms with Gasteiger partial charge in [-0.1, -0.05) is 0 Å². The van der Waals surface area contributed by atoms with E-state index >= 15 is 0 Å². The largest absolute Gasteiger partial charge is 0.344 e. The SMILES string of the molecule is CN(C)C(=O)c1ccc(C2CCCN2C(=O)c2cn[nH]c2-n2cnnn2)s1. The van der Waals surface area contributed by atoms with Crippen LogP contribution in [0.2, 0.25) is 0 Å². The van der Waals surface area contributed by atoms with E-state index in [0.29, 0.717) is 22.8 Å². The number of aromatic nitrogens is 6. The fourth-order valence-corrected chi connectivity index (χ4v) is 4.38. The van der Waals surface area contributed by atoms with E-state index in [0.717, 1.165) is 17.7 Å². The van der Waals surface area contributed by atoms with Crippen LogP contribution in [0.15, 0.2) is 24.7 Å². The summed E-state index contributed by atoms with van der Waals surface area (Å²) in [5.41, 5.74) is 0.412. The predicted molar refractivity (Wildman–Crippen MR) is 96.6 cm³/mol. The maximum Gasteiger partial charge on any atom is 0.263 e. The minimum atomic E-state index is -0.134. The van der Waals surface area contributed by atoms with Gasteiger partial charge in [-0.05, 0) is 35.4 Å². The Labute approximate surface area is 158 Å². The van der Waals surface area contributed by atoms with E-state index in [1.807, 2.05) is 17.0 Å². The van der Waals surface area contributed by atoms with Crippen LogP contribution in [0.25, 0.3) is 5.82 Å². The number of tetrazole rings is 1. The maximum absolute atomic E-state index is 13.2. The minimum Gasteiger partial charge on any atom is -0.344 e. The zero-order valence-electron chi connectivity index (χ0n) is 14.9. The summed E-state index contributed by atoms with van der Waals surface area (Å²) in [5.74, 6) is 0.272. The first kappa shape index (κ1) is 17.3. The fraction of sp³-hybridized carbons (Fsp3) is 0.375. The molecule has 1 aliphatic rings. The average Bonchev–Trinajstić information content (AvgIpc) is 3.46. The van der Waals surface area contributed by atoms with Crippen molar-refractivity contribution >= 4 is 23.2 Å². The summed E-state index contributed by atoms with van der Waals surface area (Å²) in [7, 11) is 3.46. The molecule has 1 N–H and O–H groups in total. The molecule has 3 aromatic rings. The van der Waals surface area contributed by atoms with Gasteiger partial charge in [0.1, 0.15) is 11.9 Å². The van der Waals surface area contributed by atoms with Crippen molar-refractivity contribution in [3.63, 3.8) is 0 Å². The molecule has 2 amide bonds. The number of rotatable bonds is 4. The van der Waals surface area contributed by atoms with Gasteiger partial charge in [-0.25, -0.2) is 0 Å². The number of H-pyrrole nitrogens is 1. The normalized spacial score (nSPS) is 16.7. The van der Waals surface area contributed by atoms with Gasteiger partial charge in [0.15, 0.2) is 5.82 Å². The molecule has 1 saturated heterocycles. The Morgan fingerprint density at radius 3 is 2.93 bits per heavy atom. The Morgan fingerprint density at radius 2 is 2.19 bits per heavy atom. The van der Waals surface area contributed by atoms with Gasteiger partial charge in [0.05, 0.1) is 17.1 Å². The molecule has 0 bridgehead atoms. The molecule has 1 atom stereocenters. The molecule has 0 saturated carbocycles. The smallest absolute Gasteiger partial charge is 0.263 e. The molecule has 1 unspecified atom stereocenters. The second-order valence-electron chi connectivity index (χ2n) is 6.44. The lowest BCUT2D eigenvalue weighted by atomic mass is 10.1. The predicted octanol–water partition coefficient (Wildman–Crippen LogP) is 1.13. The molecular weight excluding hydrogens is 368 g/mol. The lowest BCUT2D eigenvalue weighted by Gasteiger charge is -2.23. The molecule has 0 aromatic carbocycles. The molecule has 1 fully saturated rings. The first-order valence-electron chi connectivity index (χ1n) is 8.45. The second-order valence-corrected chi connectivity index (χ2v) is 7.56. The highest BCUT2D eigenvalue weighted by molar-refractivity contribution is 7.14. The second kappa shape index (κ2) is 6.91. The third kappa shape index (κ3) is 3.10. The molecule has 4 rings (SSSR count). The van der Waals surface area contributed by atoms with Gasteiger partial charge in [-0.2, -0.15) is 9.78 Å².